The molecule has 11 heteroatoms. The molecule has 148 valence electrons. The van der Waals surface area contributed by atoms with Gasteiger partial charge in [0.05, 0.1) is 28.8 Å². The zero-order chi connectivity index (χ0) is 20.3. The molecule has 6 nitrogen and oxygen atoms in total. The number of hydrogen-bond acceptors (Lipinski definition) is 4. The van der Waals surface area contributed by atoms with Gasteiger partial charge in [-0.25, -0.2) is 13.8 Å². The third-order valence-electron chi connectivity index (χ3n) is 3.52. The number of hydrogen-bond donors (Lipinski definition) is 0. The first-order valence-corrected chi connectivity index (χ1v) is 8.75. The van der Waals surface area contributed by atoms with E-state index in [0.717, 1.165) is 9.75 Å². The standard InChI is InChI=1S/C16H16Cl3F2N3O3/c1-8(7-27-14-11(18)4-9(17)5-12(14)19)24(26-3)16(25)10-6-23(2)22-13(10)15(20)21/h4-6,8,15H,7H2,1-3H3. The first kappa shape index (κ1) is 21.7. The van der Waals surface area contributed by atoms with Crippen molar-refractivity contribution in [1.82, 2.24) is 14.8 Å². The van der Waals surface area contributed by atoms with Crippen LogP contribution in [0.4, 0.5) is 8.78 Å². The Bertz CT molecular complexity index is 809. The van der Waals surface area contributed by atoms with Crippen molar-refractivity contribution in [3.63, 3.8) is 0 Å². The first-order chi connectivity index (χ1) is 12.6. The maximum absolute atomic E-state index is 13.1. The van der Waals surface area contributed by atoms with E-state index in [9.17, 15) is 13.6 Å². The Hall–Kier alpha value is -1.61. The molecule has 0 aliphatic carbocycles. The summed E-state index contributed by atoms with van der Waals surface area (Å²) in [6, 6.07) is 2.26. The number of ether oxygens (including phenoxy) is 1. The van der Waals surface area contributed by atoms with E-state index in [1.807, 2.05) is 0 Å². The highest BCUT2D eigenvalue weighted by molar-refractivity contribution is 6.40. The number of aryl methyl sites for hydroxylation is 1. The highest BCUT2D eigenvalue weighted by atomic mass is 35.5. The first-order valence-electron chi connectivity index (χ1n) is 7.62. The van der Waals surface area contributed by atoms with Crippen molar-refractivity contribution in [2.75, 3.05) is 13.7 Å². The summed E-state index contributed by atoms with van der Waals surface area (Å²) in [5.74, 6) is -0.585. The van der Waals surface area contributed by atoms with Crippen LogP contribution in [0.2, 0.25) is 15.1 Å². The van der Waals surface area contributed by atoms with Gasteiger partial charge in [-0.05, 0) is 19.1 Å². The van der Waals surface area contributed by atoms with Crippen molar-refractivity contribution < 1.29 is 23.1 Å². The van der Waals surface area contributed by atoms with Gasteiger partial charge in [0.1, 0.15) is 12.3 Å². The summed E-state index contributed by atoms with van der Waals surface area (Å²) < 4.78 is 32.9. The number of aromatic nitrogens is 2. The second kappa shape index (κ2) is 9.05. The minimum absolute atomic E-state index is 0.0646. The molecule has 1 heterocycles. The summed E-state index contributed by atoms with van der Waals surface area (Å²) in [7, 11) is 2.69. The number of amides is 1. The van der Waals surface area contributed by atoms with Crippen molar-refractivity contribution in [3.8, 4) is 5.75 Å². The maximum Gasteiger partial charge on any atom is 0.282 e. The van der Waals surface area contributed by atoms with E-state index in [-0.39, 0.29) is 28.0 Å². The lowest BCUT2D eigenvalue weighted by Gasteiger charge is -2.26. The molecule has 0 spiro atoms. The summed E-state index contributed by atoms with van der Waals surface area (Å²) in [5, 5.41) is 5.27. The molecular weight excluding hydrogens is 427 g/mol. The van der Waals surface area contributed by atoms with Crippen LogP contribution in [0.3, 0.4) is 0 Å². The lowest BCUT2D eigenvalue weighted by Crippen LogP contribution is -2.41. The second-order valence-electron chi connectivity index (χ2n) is 5.57. The predicted molar refractivity (Wildman–Crippen MR) is 97.8 cm³/mol. The van der Waals surface area contributed by atoms with Crippen LogP contribution in [0, 0.1) is 0 Å². The molecule has 0 radical (unpaired) electrons. The van der Waals surface area contributed by atoms with Gasteiger partial charge < -0.3 is 4.74 Å². The minimum atomic E-state index is -2.90. The van der Waals surface area contributed by atoms with E-state index < -0.39 is 24.1 Å². The van der Waals surface area contributed by atoms with Crippen LogP contribution in [0.25, 0.3) is 0 Å². The number of halogens is 5. The molecule has 0 aliphatic heterocycles. The van der Waals surface area contributed by atoms with Crippen molar-refractivity contribution in [1.29, 1.82) is 0 Å². The SMILES string of the molecule is CON(C(=O)c1cn(C)nc1C(F)F)C(C)COc1c(Cl)cc(Cl)cc1Cl. The molecule has 0 N–H and O–H groups in total. The molecule has 2 rings (SSSR count). The smallest absolute Gasteiger partial charge is 0.282 e. The van der Waals surface area contributed by atoms with Gasteiger partial charge in [0.25, 0.3) is 12.3 Å². The van der Waals surface area contributed by atoms with E-state index in [4.69, 9.17) is 44.4 Å². The minimum Gasteiger partial charge on any atom is -0.488 e. The van der Waals surface area contributed by atoms with Crippen LogP contribution in [0.5, 0.6) is 5.75 Å². The third-order valence-corrected chi connectivity index (χ3v) is 4.30. The highest BCUT2D eigenvalue weighted by Gasteiger charge is 2.29. The van der Waals surface area contributed by atoms with Gasteiger partial charge in [0, 0.05) is 18.3 Å². The molecule has 0 fully saturated rings. The average Bonchev–Trinajstić information content (AvgIpc) is 2.96. The zero-order valence-electron chi connectivity index (χ0n) is 14.6. The van der Waals surface area contributed by atoms with Crippen molar-refractivity contribution >= 4 is 40.7 Å². The Morgan fingerprint density at radius 2 is 1.89 bits per heavy atom. The third kappa shape index (κ3) is 5.01. The molecule has 1 aromatic heterocycles. The fraction of sp³-hybridized carbons (Fsp3) is 0.375. The van der Waals surface area contributed by atoms with E-state index in [0.29, 0.717) is 5.02 Å². The Labute approximate surface area is 169 Å². The molecule has 0 saturated heterocycles. The quantitative estimate of drug-likeness (QED) is 0.579. The number of hydroxylamine groups is 2. The normalized spacial score (nSPS) is 12.3. The molecule has 1 atom stereocenters. The van der Waals surface area contributed by atoms with Crippen molar-refractivity contribution in [2.45, 2.75) is 19.4 Å². The predicted octanol–water partition coefficient (Wildman–Crippen LogP) is 4.79. The molecule has 0 bridgehead atoms. The number of alkyl halides is 2. The Morgan fingerprint density at radius 1 is 1.30 bits per heavy atom. The number of carbonyl (C=O) groups excluding carboxylic acids is 1. The fourth-order valence-electron chi connectivity index (χ4n) is 2.35. The number of nitrogens with zero attached hydrogens (tertiary/aromatic N) is 3. The van der Waals surface area contributed by atoms with Gasteiger partial charge >= 0.3 is 0 Å². The summed E-state index contributed by atoms with van der Waals surface area (Å²) in [4.78, 5) is 17.7. The molecular formula is C16H16Cl3F2N3O3. The number of benzene rings is 1. The molecule has 2 aromatic rings. The highest BCUT2D eigenvalue weighted by Crippen LogP contribution is 2.36. The largest absolute Gasteiger partial charge is 0.488 e. The number of rotatable bonds is 7. The Balaban J connectivity index is 2.17. The van der Waals surface area contributed by atoms with E-state index in [1.54, 1.807) is 6.92 Å². The summed E-state index contributed by atoms with van der Waals surface area (Å²) in [6.07, 6.45) is -1.70. The molecule has 1 unspecified atom stereocenters. The monoisotopic (exact) mass is 441 g/mol. The average molecular weight is 443 g/mol. The van der Waals surface area contributed by atoms with Crippen LogP contribution in [-0.2, 0) is 11.9 Å². The van der Waals surface area contributed by atoms with E-state index >= 15 is 0 Å². The Kier molecular flexibility index (Phi) is 7.27. The van der Waals surface area contributed by atoms with Crippen LogP contribution in [0.15, 0.2) is 18.3 Å². The molecule has 0 aliphatic rings. The fourth-order valence-corrected chi connectivity index (χ4v) is 3.28. The lowest BCUT2D eigenvalue weighted by molar-refractivity contribution is -0.126. The second-order valence-corrected chi connectivity index (χ2v) is 6.83. The van der Waals surface area contributed by atoms with Gasteiger partial charge in [-0.2, -0.15) is 5.10 Å². The topological polar surface area (TPSA) is 56.6 Å². The molecule has 1 amide bonds. The molecule has 1 aromatic carbocycles. The summed E-state index contributed by atoms with van der Waals surface area (Å²) in [5.41, 5.74) is -0.884. The van der Waals surface area contributed by atoms with Crippen LogP contribution in [-0.4, -0.2) is 40.5 Å². The van der Waals surface area contributed by atoms with Crippen molar-refractivity contribution in [2.24, 2.45) is 7.05 Å². The lowest BCUT2D eigenvalue weighted by atomic mass is 10.2. The molecule has 0 saturated carbocycles. The van der Waals surface area contributed by atoms with Gasteiger partial charge in [0.15, 0.2) is 5.75 Å². The van der Waals surface area contributed by atoms with E-state index in [2.05, 4.69) is 5.10 Å². The van der Waals surface area contributed by atoms with Gasteiger partial charge in [-0.1, -0.05) is 34.8 Å². The molecule has 27 heavy (non-hydrogen) atoms. The van der Waals surface area contributed by atoms with Gasteiger partial charge in [-0.3, -0.25) is 14.3 Å². The van der Waals surface area contributed by atoms with Crippen LogP contribution in [0.1, 0.15) is 29.4 Å². The zero-order valence-corrected chi connectivity index (χ0v) is 16.8. The van der Waals surface area contributed by atoms with Crippen molar-refractivity contribution in [3.05, 3.63) is 44.7 Å². The number of carbonyl (C=O) groups is 1. The van der Waals surface area contributed by atoms with Crippen LogP contribution < -0.4 is 4.74 Å². The van der Waals surface area contributed by atoms with Crippen LogP contribution >= 0.6 is 34.8 Å². The van der Waals surface area contributed by atoms with E-state index in [1.165, 1.54) is 32.5 Å². The maximum atomic E-state index is 13.1. The summed E-state index contributed by atoms with van der Waals surface area (Å²) in [6.45, 7) is 1.54. The van der Waals surface area contributed by atoms with Gasteiger partial charge in [-0.15, -0.1) is 0 Å². The summed E-state index contributed by atoms with van der Waals surface area (Å²) >= 11 is 17.9. The Morgan fingerprint density at radius 3 is 2.41 bits per heavy atom. The van der Waals surface area contributed by atoms with Gasteiger partial charge in [0.2, 0.25) is 0 Å².